The van der Waals surface area contributed by atoms with Crippen LogP contribution in [-0.4, -0.2) is 96.8 Å². The Balaban J connectivity index is 1.41. The van der Waals surface area contributed by atoms with Crippen LogP contribution in [0.25, 0.3) is 0 Å². The summed E-state index contributed by atoms with van der Waals surface area (Å²) in [5.74, 6) is -1.99. The molecule has 3 heterocycles. The minimum Gasteiger partial charge on any atom is -0.493 e. The van der Waals surface area contributed by atoms with Crippen molar-refractivity contribution in [3.8, 4) is 5.75 Å². The van der Waals surface area contributed by atoms with Crippen molar-refractivity contribution >= 4 is 17.7 Å². The van der Waals surface area contributed by atoms with Crippen LogP contribution in [0.3, 0.4) is 0 Å². The van der Waals surface area contributed by atoms with Gasteiger partial charge in [-0.25, -0.2) is 0 Å². The average molecular weight is 610 g/mol. The van der Waals surface area contributed by atoms with Gasteiger partial charge in [-0.2, -0.15) is 13.2 Å². The normalized spacial score (nSPS) is 27.8. The molecule has 13 heteroatoms. The number of ether oxygens (including phenoxy) is 2. The Labute approximate surface area is 249 Å². The number of piperazine rings is 1. The zero-order chi connectivity index (χ0) is 30.7. The molecule has 0 spiro atoms. The van der Waals surface area contributed by atoms with Crippen LogP contribution < -0.4 is 21.1 Å². The summed E-state index contributed by atoms with van der Waals surface area (Å²) in [5.41, 5.74) is 6.07. The van der Waals surface area contributed by atoms with Gasteiger partial charge in [-0.05, 0) is 38.2 Å². The summed E-state index contributed by atoms with van der Waals surface area (Å²) >= 11 is 0. The van der Waals surface area contributed by atoms with E-state index in [-0.39, 0.29) is 43.1 Å². The van der Waals surface area contributed by atoms with Crippen molar-refractivity contribution in [3.05, 3.63) is 29.8 Å². The Hall–Kier alpha value is -2.90. The SMILES string of the molecule is CCO[C@@H]1C[C@@H]2CN(C(=O)[C@@H](NC(=O)[C@@H](N)C(F)(F)F)C3CCCCC3)[C@H](C(=O)N[C@@H]3CCOc4ccccc43)CN2C1. The van der Waals surface area contributed by atoms with E-state index in [1.54, 1.807) is 0 Å². The Kier molecular flexibility index (Phi) is 9.82. The highest BCUT2D eigenvalue weighted by Crippen LogP contribution is 2.34. The number of nitrogens with one attached hydrogen (secondary N) is 2. The van der Waals surface area contributed by atoms with E-state index in [9.17, 15) is 27.6 Å². The number of nitrogens with zero attached hydrogens (tertiary/aromatic N) is 2. The van der Waals surface area contributed by atoms with Gasteiger partial charge in [0, 0.05) is 44.3 Å². The molecule has 3 fully saturated rings. The molecule has 10 nitrogen and oxygen atoms in total. The first-order valence-electron chi connectivity index (χ1n) is 15.4. The first kappa shape index (κ1) is 31.5. The van der Waals surface area contributed by atoms with Gasteiger partial charge in [-0.15, -0.1) is 0 Å². The number of rotatable bonds is 8. The van der Waals surface area contributed by atoms with Crippen LogP contribution in [0.1, 0.15) is 63.5 Å². The maximum absolute atomic E-state index is 14.3. The Morgan fingerprint density at radius 2 is 1.84 bits per heavy atom. The highest BCUT2D eigenvalue weighted by atomic mass is 19.4. The second kappa shape index (κ2) is 13.4. The fraction of sp³-hybridized carbons (Fsp3) is 0.700. The third-order valence-electron chi connectivity index (χ3n) is 9.26. The summed E-state index contributed by atoms with van der Waals surface area (Å²) in [4.78, 5) is 44.6. The standard InChI is InChI=1S/C30H42F3N5O5/c1-2-42-20-14-19-15-38(29(41)25(18-8-4-3-5-9-18)36-28(40)26(34)30(31,32)33)23(17-37(19)16-20)27(39)35-22-12-13-43-24-11-7-6-10-21(22)24/h6-7,10-11,18-20,22-23,25-26H,2-5,8-9,12-17,34H2,1H3,(H,35,39)(H,36,40)/t19-,20-,22-,23+,25+,26-/m1/s1. The lowest BCUT2D eigenvalue weighted by molar-refractivity contribution is -0.165. The molecule has 5 rings (SSSR count). The van der Waals surface area contributed by atoms with Gasteiger partial charge in [0.2, 0.25) is 17.7 Å². The molecular weight excluding hydrogens is 567 g/mol. The summed E-state index contributed by atoms with van der Waals surface area (Å²) in [5, 5.41) is 5.49. The number of para-hydroxylation sites is 1. The third-order valence-corrected chi connectivity index (χ3v) is 9.26. The molecule has 1 aromatic rings. The number of carbonyl (C=O) groups excluding carboxylic acids is 3. The van der Waals surface area contributed by atoms with Crippen LogP contribution in [0.2, 0.25) is 0 Å². The number of hydrogen-bond donors (Lipinski definition) is 3. The Morgan fingerprint density at radius 1 is 1.09 bits per heavy atom. The number of carbonyl (C=O) groups is 3. The molecule has 238 valence electrons. The maximum atomic E-state index is 14.3. The van der Waals surface area contributed by atoms with Crippen molar-refractivity contribution < 1.29 is 37.0 Å². The van der Waals surface area contributed by atoms with Crippen LogP contribution in [0.5, 0.6) is 5.75 Å². The smallest absolute Gasteiger partial charge is 0.412 e. The minimum absolute atomic E-state index is 0.0465. The highest BCUT2D eigenvalue weighted by molar-refractivity contribution is 5.94. The van der Waals surface area contributed by atoms with Gasteiger partial charge < -0.3 is 30.7 Å². The number of nitrogens with two attached hydrogens (primary N) is 1. The molecule has 2 saturated heterocycles. The minimum atomic E-state index is -4.95. The first-order valence-corrected chi connectivity index (χ1v) is 15.4. The van der Waals surface area contributed by atoms with Crippen molar-refractivity contribution in [1.29, 1.82) is 0 Å². The van der Waals surface area contributed by atoms with E-state index in [0.29, 0.717) is 51.2 Å². The molecule has 1 saturated carbocycles. The van der Waals surface area contributed by atoms with Crippen molar-refractivity contribution in [1.82, 2.24) is 20.4 Å². The van der Waals surface area contributed by atoms with Crippen LogP contribution in [0.15, 0.2) is 24.3 Å². The number of fused-ring (bicyclic) bond motifs is 2. The number of benzene rings is 1. The lowest BCUT2D eigenvalue weighted by Gasteiger charge is -2.45. The molecule has 0 radical (unpaired) electrons. The molecule has 1 aliphatic carbocycles. The van der Waals surface area contributed by atoms with E-state index in [1.165, 1.54) is 4.90 Å². The first-order chi connectivity index (χ1) is 20.6. The molecule has 0 bridgehead atoms. The van der Waals surface area contributed by atoms with Crippen LogP contribution in [0.4, 0.5) is 13.2 Å². The summed E-state index contributed by atoms with van der Waals surface area (Å²) in [6.45, 7) is 3.95. The van der Waals surface area contributed by atoms with Crippen molar-refractivity contribution in [3.63, 3.8) is 0 Å². The summed E-state index contributed by atoms with van der Waals surface area (Å²) < 4.78 is 51.6. The van der Waals surface area contributed by atoms with Crippen molar-refractivity contribution in [2.75, 3.05) is 32.8 Å². The van der Waals surface area contributed by atoms with Gasteiger partial charge in [0.05, 0.1) is 18.8 Å². The van der Waals surface area contributed by atoms with Gasteiger partial charge >= 0.3 is 6.18 Å². The molecular formula is C30H42F3N5O5. The predicted octanol–water partition coefficient (Wildman–Crippen LogP) is 2.27. The van der Waals surface area contributed by atoms with E-state index in [2.05, 4.69) is 15.5 Å². The van der Waals surface area contributed by atoms with E-state index in [1.807, 2.05) is 31.2 Å². The number of alkyl halides is 3. The largest absolute Gasteiger partial charge is 0.493 e. The monoisotopic (exact) mass is 609 g/mol. The average Bonchev–Trinajstić information content (AvgIpc) is 3.40. The zero-order valence-electron chi connectivity index (χ0n) is 24.5. The molecule has 0 aromatic heterocycles. The fourth-order valence-electron chi connectivity index (χ4n) is 7.03. The summed E-state index contributed by atoms with van der Waals surface area (Å²) in [6, 6.07) is 2.20. The van der Waals surface area contributed by atoms with Gasteiger partial charge in [0.25, 0.3) is 0 Å². The molecule has 1 aromatic carbocycles. The number of hydrogen-bond acceptors (Lipinski definition) is 7. The third kappa shape index (κ3) is 7.09. The van der Waals surface area contributed by atoms with Gasteiger partial charge in [-0.1, -0.05) is 37.5 Å². The van der Waals surface area contributed by atoms with Crippen LogP contribution >= 0.6 is 0 Å². The maximum Gasteiger partial charge on any atom is 0.412 e. The van der Waals surface area contributed by atoms with Crippen molar-refractivity contribution in [2.24, 2.45) is 11.7 Å². The summed E-state index contributed by atoms with van der Waals surface area (Å²) in [6.07, 6.45) is -0.0512. The number of amides is 3. The Bertz CT molecular complexity index is 1160. The van der Waals surface area contributed by atoms with Gasteiger partial charge in [0.15, 0.2) is 6.04 Å². The lowest BCUT2D eigenvalue weighted by atomic mass is 9.82. The van der Waals surface area contributed by atoms with E-state index < -0.39 is 36.1 Å². The second-order valence-corrected chi connectivity index (χ2v) is 12.1. The second-order valence-electron chi connectivity index (χ2n) is 12.1. The fourth-order valence-corrected chi connectivity index (χ4v) is 7.03. The van der Waals surface area contributed by atoms with Gasteiger partial charge in [-0.3, -0.25) is 19.3 Å². The zero-order valence-corrected chi connectivity index (χ0v) is 24.5. The Morgan fingerprint density at radius 3 is 2.56 bits per heavy atom. The molecule has 3 amide bonds. The summed E-state index contributed by atoms with van der Waals surface area (Å²) in [7, 11) is 0. The van der Waals surface area contributed by atoms with Crippen molar-refractivity contribution in [2.45, 2.75) is 94.4 Å². The van der Waals surface area contributed by atoms with Crippen LogP contribution in [0, 0.1) is 5.92 Å². The molecule has 6 atom stereocenters. The number of halogens is 3. The van der Waals surface area contributed by atoms with Crippen LogP contribution in [-0.2, 0) is 19.1 Å². The van der Waals surface area contributed by atoms with E-state index in [4.69, 9.17) is 15.2 Å². The van der Waals surface area contributed by atoms with E-state index in [0.717, 1.165) is 24.8 Å². The molecule has 3 aliphatic heterocycles. The quantitative estimate of drug-likeness (QED) is 0.413. The molecule has 0 unspecified atom stereocenters. The predicted molar refractivity (Wildman–Crippen MR) is 151 cm³/mol. The molecule has 4 N–H and O–H groups in total. The van der Waals surface area contributed by atoms with E-state index >= 15 is 0 Å². The molecule has 43 heavy (non-hydrogen) atoms. The van der Waals surface area contributed by atoms with Gasteiger partial charge in [0.1, 0.15) is 17.8 Å². The highest BCUT2D eigenvalue weighted by Gasteiger charge is 2.49. The molecule has 4 aliphatic rings. The topological polar surface area (TPSA) is 126 Å². The lowest BCUT2D eigenvalue weighted by Crippen LogP contribution is -2.67.